The molecule has 9 nitrogen and oxygen atoms in total. The van der Waals surface area contributed by atoms with Crippen LogP contribution in [0.5, 0.6) is 11.8 Å². The highest BCUT2D eigenvalue weighted by Gasteiger charge is 2.29. The topological polar surface area (TPSA) is 132 Å². The Morgan fingerprint density at radius 1 is 1.42 bits per heavy atom. The van der Waals surface area contributed by atoms with Crippen LogP contribution in [0.25, 0.3) is 0 Å². The second kappa shape index (κ2) is 6.37. The molecule has 3 heterocycles. The highest BCUT2D eigenvalue weighted by molar-refractivity contribution is 5.94. The van der Waals surface area contributed by atoms with E-state index in [1.54, 1.807) is 0 Å². The molecule has 1 aliphatic heterocycles. The predicted molar refractivity (Wildman–Crippen MR) is 80.4 cm³/mol. The lowest BCUT2D eigenvalue weighted by Gasteiger charge is -2.17. The van der Waals surface area contributed by atoms with E-state index in [-0.39, 0.29) is 41.6 Å². The number of nitrogens with zero attached hydrogens (tertiary/aromatic N) is 4. The number of ether oxygens (including phenoxy) is 1. The van der Waals surface area contributed by atoms with E-state index < -0.39 is 5.56 Å². The van der Waals surface area contributed by atoms with E-state index in [0.717, 1.165) is 6.07 Å². The molecular weight excluding hydrogens is 314 g/mol. The fourth-order valence-electron chi connectivity index (χ4n) is 2.49. The van der Waals surface area contributed by atoms with Gasteiger partial charge < -0.3 is 14.7 Å². The van der Waals surface area contributed by atoms with Gasteiger partial charge in [0.15, 0.2) is 5.88 Å². The second-order valence-electron chi connectivity index (χ2n) is 5.22. The van der Waals surface area contributed by atoms with E-state index in [0.29, 0.717) is 13.0 Å². The molecule has 2 aromatic rings. The van der Waals surface area contributed by atoms with Crippen molar-refractivity contribution in [3.8, 4) is 17.8 Å². The van der Waals surface area contributed by atoms with Crippen molar-refractivity contribution in [2.24, 2.45) is 0 Å². The Balaban J connectivity index is 1.70. The molecule has 1 fully saturated rings. The number of carbonyl (C=O) groups is 1. The van der Waals surface area contributed by atoms with Gasteiger partial charge in [0.2, 0.25) is 5.69 Å². The molecule has 0 radical (unpaired) electrons. The summed E-state index contributed by atoms with van der Waals surface area (Å²) < 4.78 is 5.65. The van der Waals surface area contributed by atoms with Crippen molar-refractivity contribution in [1.82, 2.24) is 19.9 Å². The van der Waals surface area contributed by atoms with Gasteiger partial charge >= 0.3 is 0 Å². The first-order valence-electron chi connectivity index (χ1n) is 7.17. The first-order valence-corrected chi connectivity index (χ1v) is 7.17. The molecule has 1 atom stereocenters. The molecule has 2 aromatic heterocycles. The van der Waals surface area contributed by atoms with Crippen LogP contribution in [0.4, 0.5) is 0 Å². The highest BCUT2D eigenvalue weighted by Crippen LogP contribution is 2.20. The zero-order chi connectivity index (χ0) is 17.1. The van der Waals surface area contributed by atoms with E-state index in [2.05, 4.69) is 15.0 Å². The van der Waals surface area contributed by atoms with E-state index in [9.17, 15) is 14.7 Å². The summed E-state index contributed by atoms with van der Waals surface area (Å²) in [6.45, 7) is 0.715. The average molecular weight is 327 g/mol. The van der Waals surface area contributed by atoms with Crippen molar-refractivity contribution < 1.29 is 14.6 Å². The van der Waals surface area contributed by atoms with Crippen LogP contribution in [0.1, 0.15) is 22.5 Å². The van der Waals surface area contributed by atoms with Gasteiger partial charge in [0, 0.05) is 37.5 Å². The lowest BCUT2D eigenvalue weighted by Crippen LogP contribution is -2.31. The van der Waals surface area contributed by atoms with Crippen molar-refractivity contribution in [3.05, 3.63) is 46.1 Å². The maximum absolute atomic E-state index is 12.4. The molecule has 1 aliphatic rings. The molecule has 0 aliphatic carbocycles. The highest BCUT2D eigenvalue weighted by atomic mass is 16.5. The minimum absolute atomic E-state index is 0.0850. The third-order valence-electron chi connectivity index (χ3n) is 3.56. The van der Waals surface area contributed by atoms with Crippen LogP contribution in [0, 0.1) is 11.3 Å². The van der Waals surface area contributed by atoms with Crippen LogP contribution in [0.3, 0.4) is 0 Å². The van der Waals surface area contributed by atoms with Crippen LogP contribution >= 0.6 is 0 Å². The summed E-state index contributed by atoms with van der Waals surface area (Å²) >= 11 is 0. The second-order valence-corrected chi connectivity index (χ2v) is 5.22. The molecule has 0 spiro atoms. The van der Waals surface area contributed by atoms with Crippen LogP contribution in [-0.2, 0) is 0 Å². The molecule has 122 valence electrons. The number of aromatic nitrogens is 3. The molecule has 1 saturated heterocycles. The lowest BCUT2D eigenvalue weighted by molar-refractivity contribution is 0.0770. The van der Waals surface area contributed by atoms with Gasteiger partial charge in [0.25, 0.3) is 17.3 Å². The zero-order valence-electron chi connectivity index (χ0n) is 12.5. The number of carbonyl (C=O) groups excluding carboxylic acids is 1. The molecule has 2 N–H and O–H groups in total. The molecule has 9 heteroatoms. The zero-order valence-corrected chi connectivity index (χ0v) is 12.5. The van der Waals surface area contributed by atoms with Gasteiger partial charge in [-0.05, 0) is 0 Å². The molecule has 0 saturated carbocycles. The van der Waals surface area contributed by atoms with Gasteiger partial charge in [-0.3, -0.25) is 14.6 Å². The van der Waals surface area contributed by atoms with Crippen LogP contribution < -0.4 is 10.3 Å². The Kier molecular flexibility index (Phi) is 4.11. The molecule has 0 bridgehead atoms. The molecule has 0 aromatic carbocycles. The number of likely N-dealkylation sites (tertiary alicyclic amines) is 1. The number of hydrogen-bond donors (Lipinski definition) is 2. The van der Waals surface area contributed by atoms with Crippen LogP contribution in [0.15, 0.2) is 29.3 Å². The Hall–Kier alpha value is -3.41. The minimum Gasteiger partial charge on any atom is -0.494 e. The Morgan fingerprint density at radius 2 is 2.21 bits per heavy atom. The van der Waals surface area contributed by atoms with Crippen molar-refractivity contribution in [1.29, 1.82) is 5.26 Å². The fourth-order valence-corrected chi connectivity index (χ4v) is 2.49. The van der Waals surface area contributed by atoms with Crippen molar-refractivity contribution >= 4 is 5.91 Å². The number of aromatic amines is 1. The molecule has 24 heavy (non-hydrogen) atoms. The molecule has 3 rings (SSSR count). The SMILES string of the molecule is N#Cc1nccnc1OC1CCN(C(=O)c2cc(O)[nH]c(=O)c2)C1. The summed E-state index contributed by atoms with van der Waals surface area (Å²) in [5.41, 5.74) is -0.362. The maximum atomic E-state index is 12.4. The number of amides is 1. The van der Waals surface area contributed by atoms with Gasteiger partial charge in [0.1, 0.15) is 12.2 Å². The Bertz CT molecular complexity index is 873. The standard InChI is InChI=1S/C15H13N5O4/c16-7-11-14(18-3-2-17-11)24-10-1-4-20(8-10)15(23)9-5-12(21)19-13(22)6-9/h2-3,5-6,10H,1,4,8H2,(H2,19,21,22). The largest absolute Gasteiger partial charge is 0.494 e. The Labute approximate surface area is 136 Å². The monoisotopic (exact) mass is 327 g/mol. The number of hydrogen-bond acceptors (Lipinski definition) is 7. The third-order valence-corrected chi connectivity index (χ3v) is 3.56. The van der Waals surface area contributed by atoms with Gasteiger partial charge in [-0.2, -0.15) is 5.26 Å². The van der Waals surface area contributed by atoms with Crippen molar-refractivity contribution in [3.63, 3.8) is 0 Å². The number of aromatic hydroxyl groups is 1. The first-order chi connectivity index (χ1) is 11.6. The number of H-pyrrole nitrogens is 1. The van der Waals surface area contributed by atoms with Crippen LogP contribution in [-0.4, -0.2) is 50.1 Å². The summed E-state index contributed by atoms with van der Waals surface area (Å²) in [6, 6.07) is 4.23. The summed E-state index contributed by atoms with van der Waals surface area (Å²) in [5, 5.41) is 18.4. The quantitative estimate of drug-likeness (QED) is 0.813. The number of nitriles is 1. The maximum Gasteiger partial charge on any atom is 0.254 e. The van der Waals surface area contributed by atoms with Gasteiger partial charge in [-0.15, -0.1) is 0 Å². The molecule has 1 amide bonds. The molecule has 1 unspecified atom stereocenters. The summed E-state index contributed by atoms with van der Waals surface area (Å²) in [5.74, 6) is -0.605. The third kappa shape index (κ3) is 3.17. The van der Waals surface area contributed by atoms with Crippen LogP contribution in [0.2, 0.25) is 0 Å². The lowest BCUT2D eigenvalue weighted by atomic mass is 10.2. The van der Waals surface area contributed by atoms with E-state index in [1.165, 1.54) is 23.4 Å². The van der Waals surface area contributed by atoms with Gasteiger partial charge in [-0.25, -0.2) is 9.97 Å². The Morgan fingerprint density at radius 3 is 2.96 bits per heavy atom. The van der Waals surface area contributed by atoms with Gasteiger partial charge in [-0.1, -0.05) is 0 Å². The first kappa shape index (κ1) is 15.5. The van der Waals surface area contributed by atoms with E-state index in [4.69, 9.17) is 10.00 Å². The fraction of sp³-hybridized carbons (Fsp3) is 0.267. The number of rotatable bonds is 3. The number of pyridine rings is 1. The normalized spacial score (nSPS) is 16.6. The number of nitrogens with one attached hydrogen (secondary N) is 1. The van der Waals surface area contributed by atoms with E-state index in [1.807, 2.05) is 6.07 Å². The van der Waals surface area contributed by atoms with E-state index >= 15 is 0 Å². The van der Waals surface area contributed by atoms with Crippen molar-refractivity contribution in [2.45, 2.75) is 12.5 Å². The summed E-state index contributed by atoms with van der Waals surface area (Å²) in [4.78, 5) is 35.3. The average Bonchev–Trinajstić information content (AvgIpc) is 3.02. The summed E-state index contributed by atoms with van der Waals surface area (Å²) in [7, 11) is 0. The minimum atomic E-state index is -0.552. The van der Waals surface area contributed by atoms with Gasteiger partial charge in [0.05, 0.1) is 12.1 Å². The van der Waals surface area contributed by atoms with Crippen molar-refractivity contribution in [2.75, 3.05) is 13.1 Å². The summed E-state index contributed by atoms with van der Waals surface area (Å²) in [6.07, 6.45) is 3.05. The smallest absolute Gasteiger partial charge is 0.254 e. The molecular formula is C15H13N5O4. The predicted octanol–water partition coefficient (Wildman–Crippen LogP) is 0.0357.